The predicted molar refractivity (Wildman–Crippen MR) is 104 cm³/mol. The highest BCUT2D eigenvalue weighted by atomic mass is 35.5. The van der Waals surface area contributed by atoms with Crippen molar-refractivity contribution >= 4 is 11.6 Å². The Kier molecular flexibility index (Phi) is 6.20. The molecule has 1 heterocycles. The fourth-order valence-corrected chi connectivity index (χ4v) is 3.61. The number of aliphatic hydroxyl groups excluding tert-OH is 2. The van der Waals surface area contributed by atoms with E-state index < -0.39 is 12.2 Å². The second-order valence-corrected chi connectivity index (χ2v) is 7.32. The molecule has 0 amide bonds. The molecule has 2 unspecified atom stereocenters. The Morgan fingerprint density at radius 3 is 2.54 bits per heavy atom. The highest BCUT2D eigenvalue weighted by molar-refractivity contribution is 6.31. The summed E-state index contributed by atoms with van der Waals surface area (Å²) < 4.78 is 5.48. The predicted octanol–water partition coefficient (Wildman–Crippen LogP) is 3.47. The maximum atomic E-state index is 10.4. The minimum Gasteiger partial charge on any atom is -0.494 e. The molecule has 3 rings (SSSR count). The van der Waals surface area contributed by atoms with Crippen molar-refractivity contribution in [3.05, 3.63) is 64.2 Å². The fourth-order valence-electron chi connectivity index (χ4n) is 3.43. The standard InChI is InChI=1S/C21H26ClNO3/c1-3-26-17-7-4-14(5-8-17)10-16-11-15(6-9-18(16)22)21-20(25)12-19(24)13(2)23-21/h4-9,11,13,19-21,23-25H,3,10,12H2,1-2H3/t13-,19?,20?,21+/m1/s1. The first-order chi connectivity index (χ1) is 12.5. The molecule has 0 aliphatic carbocycles. The first-order valence-electron chi connectivity index (χ1n) is 9.10. The number of hydrogen-bond donors (Lipinski definition) is 3. The molecule has 0 spiro atoms. The van der Waals surface area contributed by atoms with Gasteiger partial charge in [-0.1, -0.05) is 35.9 Å². The van der Waals surface area contributed by atoms with E-state index >= 15 is 0 Å². The summed E-state index contributed by atoms with van der Waals surface area (Å²) in [6.45, 7) is 4.55. The number of ether oxygens (including phenoxy) is 1. The first-order valence-corrected chi connectivity index (χ1v) is 9.48. The van der Waals surface area contributed by atoms with Crippen molar-refractivity contribution in [1.82, 2.24) is 5.32 Å². The van der Waals surface area contributed by atoms with E-state index in [0.29, 0.717) is 24.5 Å². The topological polar surface area (TPSA) is 61.7 Å². The van der Waals surface area contributed by atoms with Crippen LogP contribution in [0, 0.1) is 0 Å². The van der Waals surface area contributed by atoms with Crippen LogP contribution in [-0.2, 0) is 6.42 Å². The molecular weight excluding hydrogens is 350 g/mol. The van der Waals surface area contributed by atoms with Gasteiger partial charge in [0.05, 0.1) is 24.9 Å². The Morgan fingerprint density at radius 1 is 1.12 bits per heavy atom. The van der Waals surface area contributed by atoms with Gasteiger partial charge < -0.3 is 20.3 Å². The van der Waals surface area contributed by atoms with Gasteiger partial charge in [0.25, 0.3) is 0 Å². The highest BCUT2D eigenvalue weighted by Crippen LogP contribution is 2.30. The number of aliphatic hydroxyl groups is 2. The molecule has 2 aromatic rings. The Morgan fingerprint density at radius 2 is 1.85 bits per heavy atom. The average molecular weight is 376 g/mol. The summed E-state index contributed by atoms with van der Waals surface area (Å²) in [6.07, 6.45) is -0.0759. The molecule has 3 N–H and O–H groups in total. The number of nitrogens with one attached hydrogen (secondary N) is 1. The number of piperidine rings is 1. The average Bonchev–Trinajstić information content (AvgIpc) is 2.62. The van der Waals surface area contributed by atoms with E-state index in [1.807, 2.05) is 56.3 Å². The van der Waals surface area contributed by atoms with Gasteiger partial charge in [0.2, 0.25) is 0 Å². The minimum atomic E-state index is -0.624. The zero-order valence-electron chi connectivity index (χ0n) is 15.2. The van der Waals surface area contributed by atoms with Crippen molar-refractivity contribution in [2.45, 2.75) is 51.0 Å². The summed E-state index contributed by atoms with van der Waals surface area (Å²) in [7, 11) is 0. The maximum Gasteiger partial charge on any atom is 0.119 e. The van der Waals surface area contributed by atoms with E-state index in [1.165, 1.54) is 0 Å². The molecule has 4 nitrogen and oxygen atoms in total. The lowest BCUT2D eigenvalue weighted by atomic mass is 9.88. The summed E-state index contributed by atoms with van der Waals surface area (Å²) >= 11 is 6.41. The molecule has 26 heavy (non-hydrogen) atoms. The van der Waals surface area contributed by atoms with Crippen molar-refractivity contribution in [3.8, 4) is 5.75 Å². The van der Waals surface area contributed by atoms with E-state index in [2.05, 4.69) is 5.32 Å². The molecule has 0 radical (unpaired) electrons. The summed E-state index contributed by atoms with van der Waals surface area (Å²) in [6, 6.07) is 13.6. The van der Waals surface area contributed by atoms with Gasteiger partial charge in [-0.3, -0.25) is 0 Å². The molecule has 1 aliphatic heterocycles. The Hall–Kier alpha value is -1.59. The van der Waals surface area contributed by atoms with Gasteiger partial charge in [0, 0.05) is 17.5 Å². The van der Waals surface area contributed by atoms with Gasteiger partial charge in [-0.2, -0.15) is 0 Å². The molecule has 4 atom stereocenters. The molecule has 2 aromatic carbocycles. The summed E-state index contributed by atoms with van der Waals surface area (Å²) in [5.41, 5.74) is 3.15. The van der Waals surface area contributed by atoms with Crippen LogP contribution in [0.2, 0.25) is 5.02 Å². The molecule has 0 aromatic heterocycles. The smallest absolute Gasteiger partial charge is 0.119 e. The number of rotatable bonds is 5. The van der Waals surface area contributed by atoms with Crippen LogP contribution in [0.25, 0.3) is 0 Å². The van der Waals surface area contributed by atoms with Crippen molar-refractivity contribution in [2.24, 2.45) is 0 Å². The molecule has 0 saturated carbocycles. The fraction of sp³-hybridized carbons (Fsp3) is 0.429. The second kappa shape index (κ2) is 8.40. The van der Waals surface area contributed by atoms with Gasteiger partial charge in [-0.15, -0.1) is 0 Å². The number of benzene rings is 2. The lowest BCUT2D eigenvalue weighted by Gasteiger charge is -2.37. The molecule has 1 aliphatic rings. The molecule has 140 valence electrons. The van der Waals surface area contributed by atoms with Crippen LogP contribution in [0.5, 0.6) is 5.75 Å². The van der Waals surface area contributed by atoms with Gasteiger partial charge in [-0.05, 0) is 55.2 Å². The molecule has 1 saturated heterocycles. The first kappa shape index (κ1) is 19.2. The molecule has 0 bridgehead atoms. The highest BCUT2D eigenvalue weighted by Gasteiger charge is 2.33. The lowest BCUT2D eigenvalue weighted by molar-refractivity contribution is -0.00156. The Balaban J connectivity index is 1.79. The largest absolute Gasteiger partial charge is 0.494 e. The zero-order chi connectivity index (χ0) is 18.7. The monoisotopic (exact) mass is 375 g/mol. The molecular formula is C21H26ClNO3. The maximum absolute atomic E-state index is 10.4. The quantitative estimate of drug-likeness (QED) is 0.748. The van der Waals surface area contributed by atoms with E-state index in [-0.39, 0.29) is 12.1 Å². The Labute approximate surface area is 159 Å². The Bertz CT molecular complexity index is 735. The van der Waals surface area contributed by atoms with Crippen LogP contribution in [-0.4, -0.2) is 35.1 Å². The van der Waals surface area contributed by atoms with Crippen molar-refractivity contribution in [3.63, 3.8) is 0 Å². The third-order valence-corrected chi connectivity index (χ3v) is 5.31. The number of halogens is 1. The van der Waals surface area contributed by atoms with Crippen LogP contribution >= 0.6 is 11.6 Å². The SMILES string of the molecule is CCOc1ccc(Cc2cc([C@@H]3N[C@H](C)C(O)CC3O)ccc2Cl)cc1. The van der Waals surface area contributed by atoms with Crippen LogP contribution in [0.15, 0.2) is 42.5 Å². The van der Waals surface area contributed by atoms with Gasteiger partial charge in [-0.25, -0.2) is 0 Å². The van der Waals surface area contributed by atoms with Crippen molar-refractivity contribution in [2.75, 3.05) is 6.61 Å². The second-order valence-electron chi connectivity index (χ2n) is 6.91. The van der Waals surface area contributed by atoms with Crippen molar-refractivity contribution in [1.29, 1.82) is 0 Å². The lowest BCUT2D eigenvalue weighted by Crippen LogP contribution is -2.51. The van der Waals surface area contributed by atoms with E-state index in [9.17, 15) is 10.2 Å². The van der Waals surface area contributed by atoms with Gasteiger partial charge >= 0.3 is 0 Å². The third kappa shape index (κ3) is 4.38. The van der Waals surface area contributed by atoms with Crippen LogP contribution in [0.1, 0.15) is 43.0 Å². The van der Waals surface area contributed by atoms with Crippen LogP contribution in [0.3, 0.4) is 0 Å². The normalized spacial score (nSPS) is 25.9. The van der Waals surface area contributed by atoms with Crippen LogP contribution in [0.4, 0.5) is 0 Å². The summed E-state index contributed by atoms with van der Waals surface area (Å²) in [5.74, 6) is 0.859. The summed E-state index contributed by atoms with van der Waals surface area (Å²) in [4.78, 5) is 0. The third-order valence-electron chi connectivity index (χ3n) is 4.95. The van der Waals surface area contributed by atoms with E-state index in [1.54, 1.807) is 0 Å². The van der Waals surface area contributed by atoms with Crippen LogP contribution < -0.4 is 10.1 Å². The number of hydrogen-bond acceptors (Lipinski definition) is 4. The minimum absolute atomic E-state index is 0.0614. The zero-order valence-corrected chi connectivity index (χ0v) is 15.9. The van der Waals surface area contributed by atoms with E-state index in [4.69, 9.17) is 16.3 Å². The van der Waals surface area contributed by atoms with E-state index in [0.717, 1.165) is 22.4 Å². The molecule has 1 fully saturated rings. The van der Waals surface area contributed by atoms with Crippen molar-refractivity contribution < 1.29 is 14.9 Å². The summed E-state index contributed by atoms with van der Waals surface area (Å²) in [5, 5.41) is 24.3. The molecule has 5 heteroatoms. The van der Waals surface area contributed by atoms with Gasteiger partial charge in [0.1, 0.15) is 5.75 Å². The van der Waals surface area contributed by atoms with Gasteiger partial charge in [0.15, 0.2) is 0 Å².